The first-order valence-corrected chi connectivity index (χ1v) is 5.50. The maximum atomic E-state index is 13.7. The van der Waals surface area contributed by atoms with E-state index in [0.717, 1.165) is 18.2 Å². The second-order valence-corrected chi connectivity index (χ2v) is 3.87. The third kappa shape index (κ3) is 2.00. The molecular formula is C11H7FN6O2. The predicted molar refractivity (Wildman–Crippen MR) is 68.0 cm³/mol. The average molecular weight is 274 g/mol. The first kappa shape index (κ1) is 12.0. The number of H-pyrrole nitrogens is 1. The van der Waals surface area contributed by atoms with Crippen LogP contribution in [-0.2, 0) is 0 Å². The molecule has 2 aromatic heterocycles. The van der Waals surface area contributed by atoms with E-state index in [9.17, 15) is 14.5 Å². The lowest BCUT2D eigenvalue weighted by Crippen LogP contribution is -1.99. The van der Waals surface area contributed by atoms with Gasteiger partial charge in [0, 0.05) is 12.1 Å². The van der Waals surface area contributed by atoms with Gasteiger partial charge in [-0.25, -0.2) is 19.3 Å². The molecule has 0 aliphatic heterocycles. The van der Waals surface area contributed by atoms with E-state index in [-0.39, 0.29) is 17.2 Å². The molecule has 9 heteroatoms. The van der Waals surface area contributed by atoms with Gasteiger partial charge in [0.2, 0.25) is 0 Å². The third-order valence-corrected chi connectivity index (χ3v) is 2.64. The number of aromatic amines is 1. The first-order chi connectivity index (χ1) is 9.65. The number of non-ortho nitro benzene ring substituents is 1. The number of rotatable bonds is 3. The van der Waals surface area contributed by atoms with Gasteiger partial charge in [0.05, 0.1) is 16.9 Å². The molecular weight excluding hydrogens is 267 g/mol. The molecule has 8 nitrogen and oxygen atoms in total. The number of imidazole rings is 1. The summed E-state index contributed by atoms with van der Waals surface area (Å²) in [7, 11) is 0. The van der Waals surface area contributed by atoms with Crippen LogP contribution in [0, 0.1) is 15.9 Å². The van der Waals surface area contributed by atoms with Crippen LogP contribution in [0.4, 0.5) is 21.6 Å². The molecule has 0 aliphatic carbocycles. The van der Waals surface area contributed by atoms with Crippen molar-refractivity contribution in [1.29, 1.82) is 0 Å². The molecule has 0 bridgehead atoms. The van der Waals surface area contributed by atoms with Gasteiger partial charge in [0.1, 0.15) is 17.7 Å². The van der Waals surface area contributed by atoms with E-state index >= 15 is 0 Å². The Morgan fingerprint density at radius 2 is 2.15 bits per heavy atom. The van der Waals surface area contributed by atoms with E-state index in [4.69, 9.17) is 0 Å². The van der Waals surface area contributed by atoms with Crippen LogP contribution in [-0.4, -0.2) is 24.9 Å². The number of benzene rings is 1. The summed E-state index contributed by atoms with van der Waals surface area (Å²) in [5.74, 6) is -0.339. The molecule has 0 aliphatic rings. The molecule has 2 N–H and O–H groups in total. The van der Waals surface area contributed by atoms with E-state index in [1.54, 1.807) is 0 Å². The molecule has 0 fully saturated rings. The summed E-state index contributed by atoms with van der Waals surface area (Å²) in [4.78, 5) is 24.7. The van der Waals surface area contributed by atoms with Crippen molar-refractivity contribution in [3.63, 3.8) is 0 Å². The molecule has 0 atom stereocenters. The van der Waals surface area contributed by atoms with Crippen molar-refractivity contribution in [2.45, 2.75) is 0 Å². The fourth-order valence-corrected chi connectivity index (χ4v) is 1.71. The number of fused-ring (bicyclic) bond motifs is 1. The van der Waals surface area contributed by atoms with Crippen molar-refractivity contribution in [3.8, 4) is 0 Å². The van der Waals surface area contributed by atoms with Crippen LogP contribution in [0.5, 0.6) is 0 Å². The van der Waals surface area contributed by atoms with Crippen molar-refractivity contribution < 1.29 is 9.31 Å². The van der Waals surface area contributed by atoms with Gasteiger partial charge >= 0.3 is 0 Å². The number of halogens is 1. The first-order valence-electron chi connectivity index (χ1n) is 5.50. The van der Waals surface area contributed by atoms with E-state index in [1.807, 2.05) is 0 Å². The number of nitro benzene ring substituents is 1. The molecule has 20 heavy (non-hydrogen) atoms. The largest absolute Gasteiger partial charge is 0.340 e. The summed E-state index contributed by atoms with van der Waals surface area (Å²) < 4.78 is 13.7. The molecule has 0 spiro atoms. The maximum absolute atomic E-state index is 13.7. The number of hydrogen-bond acceptors (Lipinski definition) is 6. The molecule has 0 saturated carbocycles. The Balaban J connectivity index is 2.04. The summed E-state index contributed by atoms with van der Waals surface area (Å²) in [5, 5.41) is 13.4. The van der Waals surface area contributed by atoms with Gasteiger partial charge in [-0.05, 0) is 6.07 Å². The minimum Gasteiger partial charge on any atom is -0.340 e. The van der Waals surface area contributed by atoms with E-state index in [0.29, 0.717) is 11.2 Å². The Kier molecular flexibility index (Phi) is 2.71. The van der Waals surface area contributed by atoms with Gasteiger partial charge in [-0.1, -0.05) is 0 Å². The molecule has 1 aromatic carbocycles. The molecule has 0 unspecified atom stereocenters. The highest BCUT2D eigenvalue weighted by molar-refractivity contribution is 5.84. The zero-order valence-electron chi connectivity index (χ0n) is 9.87. The number of hydrogen-bond donors (Lipinski definition) is 2. The monoisotopic (exact) mass is 274 g/mol. The summed E-state index contributed by atoms with van der Waals surface area (Å²) in [6.45, 7) is 0. The van der Waals surface area contributed by atoms with E-state index in [2.05, 4.69) is 25.3 Å². The quantitative estimate of drug-likeness (QED) is 0.559. The smallest absolute Gasteiger partial charge is 0.271 e. The van der Waals surface area contributed by atoms with Crippen LogP contribution in [0.15, 0.2) is 30.9 Å². The van der Waals surface area contributed by atoms with Gasteiger partial charge in [-0.3, -0.25) is 10.1 Å². The molecule has 0 saturated heterocycles. The van der Waals surface area contributed by atoms with Gasteiger partial charge in [-0.2, -0.15) is 0 Å². The maximum Gasteiger partial charge on any atom is 0.271 e. The van der Waals surface area contributed by atoms with Crippen molar-refractivity contribution in [3.05, 3.63) is 46.8 Å². The van der Waals surface area contributed by atoms with Crippen LogP contribution < -0.4 is 5.32 Å². The summed E-state index contributed by atoms with van der Waals surface area (Å²) in [6, 6.07) is 3.21. The minimum atomic E-state index is -0.623. The van der Waals surface area contributed by atoms with E-state index < -0.39 is 10.7 Å². The lowest BCUT2D eigenvalue weighted by molar-refractivity contribution is -0.384. The van der Waals surface area contributed by atoms with Gasteiger partial charge < -0.3 is 10.3 Å². The molecule has 3 aromatic rings. The highest BCUT2D eigenvalue weighted by Crippen LogP contribution is 2.26. The second-order valence-electron chi connectivity index (χ2n) is 3.87. The Bertz CT molecular complexity index is 802. The molecule has 0 amide bonds. The molecule has 0 radical (unpaired) electrons. The fraction of sp³-hybridized carbons (Fsp3) is 0. The van der Waals surface area contributed by atoms with Gasteiger partial charge in [0.15, 0.2) is 11.5 Å². The predicted octanol–water partition coefficient (Wildman–Crippen LogP) is 2.14. The molecule has 100 valence electrons. The van der Waals surface area contributed by atoms with Gasteiger partial charge in [0.25, 0.3) is 5.69 Å². The SMILES string of the molecule is O=[N+]([O-])c1ccc(F)c(Nc2ncnc3nc[nH]c23)c1. The van der Waals surface area contributed by atoms with Crippen molar-refractivity contribution in [1.82, 2.24) is 19.9 Å². The highest BCUT2D eigenvalue weighted by atomic mass is 19.1. The lowest BCUT2D eigenvalue weighted by Gasteiger charge is -2.06. The molecule has 3 rings (SSSR count). The van der Waals surface area contributed by atoms with Crippen LogP contribution in [0.2, 0.25) is 0 Å². The zero-order chi connectivity index (χ0) is 14.1. The Labute approximate surface area is 110 Å². The normalized spacial score (nSPS) is 10.7. The van der Waals surface area contributed by atoms with Crippen molar-refractivity contribution in [2.75, 3.05) is 5.32 Å². The summed E-state index contributed by atoms with van der Waals surface area (Å²) in [5.41, 5.74) is 0.629. The summed E-state index contributed by atoms with van der Waals surface area (Å²) >= 11 is 0. The zero-order valence-corrected chi connectivity index (χ0v) is 9.87. The number of nitro groups is 1. The highest BCUT2D eigenvalue weighted by Gasteiger charge is 2.13. The number of aromatic nitrogens is 4. The third-order valence-electron chi connectivity index (χ3n) is 2.64. The minimum absolute atomic E-state index is 0.0474. The Morgan fingerprint density at radius 1 is 1.30 bits per heavy atom. The average Bonchev–Trinajstić information content (AvgIpc) is 2.90. The van der Waals surface area contributed by atoms with Crippen molar-refractivity contribution in [2.24, 2.45) is 0 Å². The second kappa shape index (κ2) is 4.53. The summed E-state index contributed by atoms with van der Waals surface area (Å²) in [6.07, 6.45) is 2.69. The Morgan fingerprint density at radius 3 is 2.95 bits per heavy atom. The van der Waals surface area contributed by atoms with Crippen molar-refractivity contribution >= 4 is 28.4 Å². The fourth-order valence-electron chi connectivity index (χ4n) is 1.71. The van der Waals surface area contributed by atoms with Crippen LogP contribution in [0.1, 0.15) is 0 Å². The Hall–Kier alpha value is -3.10. The number of nitrogens with zero attached hydrogens (tertiary/aromatic N) is 4. The number of anilines is 2. The van der Waals surface area contributed by atoms with Crippen LogP contribution >= 0.6 is 0 Å². The lowest BCUT2D eigenvalue weighted by atomic mass is 10.2. The van der Waals surface area contributed by atoms with Crippen LogP contribution in [0.25, 0.3) is 11.2 Å². The number of nitrogens with one attached hydrogen (secondary N) is 2. The standard InChI is InChI=1S/C11H7FN6O2/c12-7-2-1-6(18(19)20)3-8(7)17-11-9-10(14-4-13-9)15-5-16-11/h1-5H,(H2,13,14,15,16,17). The van der Waals surface area contributed by atoms with Crippen LogP contribution in [0.3, 0.4) is 0 Å². The molecule has 2 heterocycles. The van der Waals surface area contributed by atoms with Gasteiger partial charge in [-0.15, -0.1) is 0 Å². The van der Waals surface area contributed by atoms with E-state index in [1.165, 1.54) is 12.7 Å². The topological polar surface area (TPSA) is 110 Å².